The lowest BCUT2D eigenvalue weighted by molar-refractivity contribution is 0.302. The van der Waals surface area contributed by atoms with E-state index < -0.39 is 0 Å². The number of aromatic nitrogens is 2. The molecule has 0 aliphatic carbocycles. The molecule has 3 aromatic carbocycles. The van der Waals surface area contributed by atoms with Gasteiger partial charge in [0, 0.05) is 6.54 Å². The maximum absolute atomic E-state index is 5.97. The van der Waals surface area contributed by atoms with E-state index in [-0.39, 0.29) is 0 Å². The SMILES string of the molecule is CC(C)c1ccc(OCCCn2c(/C=C/c3ccccc3)nc3ccccc32)cc1. The minimum absolute atomic E-state index is 0.538. The molecule has 0 bridgehead atoms. The van der Waals surface area contributed by atoms with Gasteiger partial charge in [-0.25, -0.2) is 4.98 Å². The fourth-order valence-electron chi connectivity index (χ4n) is 3.55. The first-order valence-corrected chi connectivity index (χ1v) is 10.6. The van der Waals surface area contributed by atoms with Crippen LogP contribution in [0.4, 0.5) is 0 Å². The molecule has 0 radical (unpaired) electrons. The smallest absolute Gasteiger partial charge is 0.133 e. The predicted molar refractivity (Wildman–Crippen MR) is 126 cm³/mol. The van der Waals surface area contributed by atoms with Crippen molar-refractivity contribution < 1.29 is 4.74 Å². The lowest BCUT2D eigenvalue weighted by Crippen LogP contribution is -2.06. The summed E-state index contributed by atoms with van der Waals surface area (Å²) >= 11 is 0. The van der Waals surface area contributed by atoms with Crippen LogP contribution in [0.2, 0.25) is 0 Å². The zero-order chi connectivity index (χ0) is 20.8. The van der Waals surface area contributed by atoms with E-state index in [0.717, 1.165) is 35.6 Å². The summed E-state index contributed by atoms with van der Waals surface area (Å²) in [7, 11) is 0. The quantitative estimate of drug-likeness (QED) is 0.306. The molecule has 0 saturated heterocycles. The number of hydrogen-bond donors (Lipinski definition) is 0. The second-order valence-electron chi connectivity index (χ2n) is 7.78. The largest absolute Gasteiger partial charge is 0.494 e. The highest BCUT2D eigenvalue weighted by Crippen LogP contribution is 2.20. The summed E-state index contributed by atoms with van der Waals surface area (Å²) in [5, 5.41) is 0. The predicted octanol–water partition coefficient (Wildman–Crippen LogP) is 6.80. The molecule has 0 atom stereocenters. The van der Waals surface area contributed by atoms with Crippen LogP contribution in [0, 0.1) is 0 Å². The lowest BCUT2D eigenvalue weighted by Gasteiger charge is -2.10. The van der Waals surface area contributed by atoms with Crippen LogP contribution in [0.25, 0.3) is 23.2 Å². The van der Waals surface area contributed by atoms with Gasteiger partial charge in [0.15, 0.2) is 0 Å². The molecule has 3 nitrogen and oxygen atoms in total. The topological polar surface area (TPSA) is 27.1 Å². The van der Waals surface area contributed by atoms with Crippen LogP contribution in [-0.2, 0) is 6.54 Å². The van der Waals surface area contributed by atoms with E-state index in [9.17, 15) is 0 Å². The van der Waals surface area contributed by atoms with Crippen molar-refractivity contribution in [3.63, 3.8) is 0 Å². The Morgan fingerprint density at radius 3 is 2.37 bits per heavy atom. The summed E-state index contributed by atoms with van der Waals surface area (Å²) < 4.78 is 8.25. The van der Waals surface area contributed by atoms with Gasteiger partial charge in [-0.05, 0) is 53.8 Å². The minimum atomic E-state index is 0.538. The molecule has 0 amide bonds. The van der Waals surface area contributed by atoms with Crippen LogP contribution in [0.3, 0.4) is 0 Å². The summed E-state index contributed by atoms with van der Waals surface area (Å²) in [6.07, 6.45) is 5.13. The average Bonchev–Trinajstić information content (AvgIpc) is 3.14. The van der Waals surface area contributed by atoms with Crippen molar-refractivity contribution in [1.82, 2.24) is 9.55 Å². The second-order valence-corrected chi connectivity index (χ2v) is 7.78. The first-order valence-electron chi connectivity index (χ1n) is 10.6. The molecule has 30 heavy (non-hydrogen) atoms. The summed E-state index contributed by atoms with van der Waals surface area (Å²) in [4.78, 5) is 4.83. The standard InChI is InChI=1S/C27H28N2O/c1-21(2)23-14-16-24(17-15-23)30-20-8-19-29-26-12-7-6-11-25(26)28-27(29)18-13-22-9-4-3-5-10-22/h3-7,9-18,21H,8,19-20H2,1-2H3/b18-13+. The summed E-state index contributed by atoms with van der Waals surface area (Å²) in [5.74, 6) is 2.44. The van der Waals surface area contributed by atoms with E-state index in [0.29, 0.717) is 12.5 Å². The monoisotopic (exact) mass is 396 g/mol. The maximum Gasteiger partial charge on any atom is 0.133 e. The Hall–Kier alpha value is -3.33. The third-order valence-corrected chi connectivity index (χ3v) is 5.25. The number of hydrogen-bond acceptors (Lipinski definition) is 2. The number of imidazole rings is 1. The van der Waals surface area contributed by atoms with Crippen molar-refractivity contribution in [2.75, 3.05) is 6.61 Å². The maximum atomic E-state index is 5.97. The zero-order valence-corrected chi connectivity index (χ0v) is 17.7. The molecule has 0 aliphatic rings. The van der Waals surface area contributed by atoms with E-state index in [1.807, 2.05) is 24.3 Å². The Morgan fingerprint density at radius 2 is 1.60 bits per heavy atom. The van der Waals surface area contributed by atoms with Gasteiger partial charge >= 0.3 is 0 Å². The lowest BCUT2D eigenvalue weighted by atomic mass is 10.0. The molecule has 152 valence electrons. The van der Waals surface area contributed by atoms with E-state index in [1.54, 1.807) is 0 Å². The number of fused-ring (bicyclic) bond motifs is 1. The molecule has 4 rings (SSSR count). The molecular formula is C27H28N2O. The van der Waals surface area contributed by atoms with Crippen molar-refractivity contribution in [3.8, 4) is 5.75 Å². The highest BCUT2D eigenvalue weighted by Gasteiger charge is 2.08. The van der Waals surface area contributed by atoms with Crippen molar-refractivity contribution in [1.29, 1.82) is 0 Å². The molecule has 0 saturated carbocycles. The van der Waals surface area contributed by atoms with Crippen LogP contribution >= 0.6 is 0 Å². The van der Waals surface area contributed by atoms with Gasteiger partial charge in [0.25, 0.3) is 0 Å². The van der Waals surface area contributed by atoms with Gasteiger partial charge in [0.1, 0.15) is 11.6 Å². The Morgan fingerprint density at radius 1 is 0.867 bits per heavy atom. The average molecular weight is 397 g/mol. The van der Waals surface area contributed by atoms with Gasteiger partial charge in [-0.2, -0.15) is 0 Å². The van der Waals surface area contributed by atoms with Crippen molar-refractivity contribution in [3.05, 3.63) is 95.8 Å². The first-order chi connectivity index (χ1) is 14.7. The molecule has 1 aromatic heterocycles. The van der Waals surface area contributed by atoms with Gasteiger partial charge in [0.2, 0.25) is 0 Å². The molecule has 0 fully saturated rings. The second kappa shape index (κ2) is 9.45. The van der Waals surface area contributed by atoms with Crippen molar-refractivity contribution >= 4 is 23.2 Å². The van der Waals surface area contributed by atoms with Crippen molar-refractivity contribution in [2.45, 2.75) is 32.7 Å². The Kier molecular flexibility index (Phi) is 6.29. The van der Waals surface area contributed by atoms with Crippen LogP contribution in [0.1, 0.15) is 43.1 Å². The Balaban J connectivity index is 1.44. The van der Waals surface area contributed by atoms with E-state index in [2.05, 4.69) is 85.2 Å². The molecule has 1 heterocycles. The van der Waals surface area contributed by atoms with Crippen LogP contribution in [0.5, 0.6) is 5.75 Å². The first kappa shape index (κ1) is 20.0. The van der Waals surface area contributed by atoms with E-state index in [4.69, 9.17) is 9.72 Å². The third-order valence-electron chi connectivity index (χ3n) is 5.25. The van der Waals surface area contributed by atoms with Crippen LogP contribution in [0.15, 0.2) is 78.9 Å². The molecule has 4 aromatic rings. The summed E-state index contributed by atoms with van der Waals surface area (Å²) in [5.41, 5.74) is 4.69. The summed E-state index contributed by atoms with van der Waals surface area (Å²) in [6, 6.07) is 27.1. The third kappa shape index (κ3) is 4.80. The highest BCUT2D eigenvalue weighted by molar-refractivity contribution is 5.79. The van der Waals surface area contributed by atoms with E-state index >= 15 is 0 Å². The number of aryl methyl sites for hydroxylation is 1. The fraction of sp³-hybridized carbons (Fsp3) is 0.222. The fourth-order valence-corrected chi connectivity index (χ4v) is 3.55. The van der Waals surface area contributed by atoms with Crippen LogP contribution in [-0.4, -0.2) is 16.2 Å². The van der Waals surface area contributed by atoms with Crippen molar-refractivity contribution in [2.24, 2.45) is 0 Å². The molecule has 0 unspecified atom stereocenters. The summed E-state index contributed by atoms with van der Waals surface area (Å²) in [6.45, 7) is 5.94. The zero-order valence-electron chi connectivity index (χ0n) is 17.7. The molecule has 3 heteroatoms. The van der Waals surface area contributed by atoms with Gasteiger partial charge in [-0.15, -0.1) is 0 Å². The van der Waals surface area contributed by atoms with Gasteiger partial charge in [-0.1, -0.05) is 74.5 Å². The van der Waals surface area contributed by atoms with Gasteiger partial charge in [-0.3, -0.25) is 0 Å². The molecule has 0 aliphatic heterocycles. The van der Waals surface area contributed by atoms with Crippen LogP contribution < -0.4 is 4.74 Å². The number of para-hydroxylation sites is 2. The number of benzene rings is 3. The van der Waals surface area contributed by atoms with E-state index in [1.165, 1.54) is 11.1 Å². The number of rotatable bonds is 8. The Bertz CT molecular complexity index is 1110. The Labute approximate surface area is 178 Å². The number of nitrogens with zero attached hydrogens (tertiary/aromatic N) is 2. The van der Waals surface area contributed by atoms with Gasteiger partial charge < -0.3 is 9.30 Å². The highest BCUT2D eigenvalue weighted by atomic mass is 16.5. The minimum Gasteiger partial charge on any atom is -0.494 e. The molecular weight excluding hydrogens is 368 g/mol. The normalized spacial score (nSPS) is 11.6. The van der Waals surface area contributed by atoms with Gasteiger partial charge in [0.05, 0.1) is 17.6 Å². The molecule has 0 spiro atoms. The molecule has 0 N–H and O–H groups in total. The number of ether oxygens (including phenoxy) is 1.